The fraction of sp³-hybridized carbons (Fsp3) is 0.136. The number of carbonyl (C=O) groups is 1. The predicted molar refractivity (Wildman–Crippen MR) is 106 cm³/mol. The van der Waals surface area contributed by atoms with Crippen LogP contribution in [0.1, 0.15) is 22.7 Å². The number of aliphatic carboxylic acids is 1. The summed E-state index contributed by atoms with van der Waals surface area (Å²) < 4.78 is 5.47. The number of rotatable bonds is 6. The topological polar surface area (TPSA) is 83.2 Å². The first-order valence-electron chi connectivity index (χ1n) is 8.54. The molecule has 140 valence electrons. The van der Waals surface area contributed by atoms with Gasteiger partial charge < -0.3 is 9.84 Å². The number of aromatic nitrogens is 1. The maximum atomic E-state index is 11.9. The van der Waals surface area contributed by atoms with Crippen molar-refractivity contribution in [3.8, 4) is 22.9 Å². The standard InChI is InChI=1S/C22H17ClN2O3/c1-28-21-11-20(18(22(26)27)9-14-5-3-2-4-6-14)25-13-19(21)17-10-16(23)8-7-15(17)12-24/h2-8,10-11,13,18H,9H2,1H3,(H,26,27). The molecule has 0 aliphatic carbocycles. The average Bonchev–Trinajstić information content (AvgIpc) is 2.72. The lowest BCUT2D eigenvalue weighted by atomic mass is 9.94. The van der Waals surface area contributed by atoms with E-state index in [0.29, 0.717) is 39.6 Å². The highest BCUT2D eigenvalue weighted by molar-refractivity contribution is 6.31. The summed E-state index contributed by atoms with van der Waals surface area (Å²) in [6, 6.07) is 18.0. The van der Waals surface area contributed by atoms with E-state index >= 15 is 0 Å². The number of pyridine rings is 1. The van der Waals surface area contributed by atoms with E-state index in [9.17, 15) is 15.2 Å². The molecule has 28 heavy (non-hydrogen) atoms. The smallest absolute Gasteiger partial charge is 0.312 e. The van der Waals surface area contributed by atoms with Crippen LogP contribution in [0.4, 0.5) is 0 Å². The van der Waals surface area contributed by atoms with Gasteiger partial charge in [0.2, 0.25) is 0 Å². The summed E-state index contributed by atoms with van der Waals surface area (Å²) in [5, 5.41) is 19.6. The highest BCUT2D eigenvalue weighted by Gasteiger charge is 2.24. The molecule has 1 atom stereocenters. The van der Waals surface area contributed by atoms with Gasteiger partial charge in [-0.15, -0.1) is 0 Å². The van der Waals surface area contributed by atoms with E-state index < -0.39 is 11.9 Å². The molecule has 0 aliphatic rings. The first-order valence-corrected chi connectivity index (χ1v) is 8.92. The van der Waals surface area contributed by atoms with Gasteiger partial charge in [0.1, 0.15) is 11.7 Å². The van der Waals surface area contributed by atoms with Crippen LogP contribution >= 0.6 is 11.6 Å². The monoisotopic (exact) mass is 392 g/mol. The van der Waals surface area contributed by atoms with E-state index in [0.717, 1.165) is 5.56 Å². The van der Waals surface area contributed by atoms with Crippen LogP contribution < -0.4 is 4.74 Å². The number of carboxylic acid groups (broad SMARTS) is 1. The van der Waals surface area contributed by atoms with E-state index in [4.69, 9.17) is 16.3 Å². The first-order chi connectivity index (χ1) is 13.5. The van der Waals surface area contributed by atoms with Gasteiger partial charge in [0, 0.05) is 28.4 Å². The molecule has 1 N–H and O–H groups in total. The Morgan fingerprint density at radius 2 is 1.96 bits per heavy atom. The molecule has 0 radical (unpaired) electrons. The average molecular weight is 393 g/mol. The van der Waals surface area contributed by atoms with Crippen molar-refractivity contribution in [2.75, 3.05) is 7.11 Å². The summed E-state index contributed by atoms with van der Waals surface area (Å²) in [5.41, 5.74) is 2.88. The van der Waals surface area contributed by atoms with Crippen LogP contribution in [0, 0.1) is 11.3 Å². The van der Waals surface area contributed by atoms with Crippen LogP contribution in [-0.4, -0.2) is 23.2 Å². The number of carboxylic acids is 1. The predicted octanol–water partition coefficient (Wildman–Crippen LogP) is 4.69. The van der Waals surface area contributed by atoms with Gasteiger partial charge in [-0.3, -0.25) is 9.78 Å². The lowest BCUT2D eigenvalue weighted by molar-refractivity contribution is -0.138. The quantitative estimate of drug-likeness (QED) is 0.657. The van der Waals surface area contributed by atoms with E-state index in [1.165, 1.54) is 13.3 Å². The maximum absolute atomic E-state index is 11.9. The molecule has 0 fully saturated rings. The van der Waals surface area contributed by atoms with Gasteiger partial charge in [-0.1, -0.05) is 41.9 Å². The zero-order valence-corrected chi connectivity index (χ0v) is 15.8. The summed E-state index contributed by atoms with van der Waals surface area (Å²) >= 11 is 6.08. The number of nitriles is 1. The Morgan fingerprint density at radius 1 is 1.21 bits per heavy atom. The largest absolute Gasteiger partial charge is 0.496 e. The fourth-order valence-corrected chi connectivity index (χ4v) is 3.19. The minimum atomic E-state index is -0.966. The van der Waals surface area contributed by atoms with Gasteiger partial charge in [-0.05, 0) is 30.2 Å². The first kappa shape index (κ1) is 19.4. The van der Waals surface area contributed by atoms with Crippen LogP contribution in [0.15, 0.2) is 60.8 Å². The van der Waals surface area contributed by atoms with Crippen LogP contribution in [0.5, 0.6) is 5.75 Å². The summed E-state index contributed by atoms with van der Waals surface area (Å²) in [6.45, 7) is 0. The molecule has 0 aliphatic heterocycles. The minimum absolute atomic E-state index is 0.312. The molecule has 0 spiro atoms. The molecule has 3 aromatic rings. The molecule has 1 heterocycles. The molecular formula is C22H17ClN2O3. The van der Waals surface area contributed by atoms with Crippen molar-refractivity contribution in [3.63, 3.8) is 0 Å². The molecular weight excluding hydrogens is 376 g/mol. The van der Waals surface area contributed by atoms with Crippen LogP contribution in [0.25, 0.3) is 11.1 Å². The second-order valence-electron chi connectivity index (χ2n) is 6.19. The summed E-state index contributed by atoms with van der Waals surface area (Å²) in [7, 11) is 1.49. The highest BCUT2D eigenvalue weighted by atomic mass is 35.5. The molecule has 1 aromatic heterocycles. The number of halogens is 1. The fourth-order valence-electron chi connectivity index (χ4n) is 3.02. The molecule has 5 nitrogen and oxygen atoms in total. The van der Waals surface area contributed by atoms with Crippen LogP contribution in [0.2, 0.25) is 5.02 Å². The molecule has 0 amide bonds. The zero-order chi connectivity index (χ0) is 20.1. The summed E-state index contributed by atoms with van der Waals surface area (Å²) in [5.74, 6) is -1.35. The Kier molecular flexibility index (Phi) is 5.93. The lowest BCUT2D eigenvalue weighted by Crippen LogP contribution is -2.16. The molecule has 0 saturated carbocycles. The van der Waals surface area contributed by atoms with Crippen LogP contribution in [-0.2, 0) is 11.2 Å². The Morgan fingerprint density at radius 3 is 2.61 bits per heavy atom. The normalized spacial score (nSPS) is 11.5. The second kappa shape index (κ2) is 8.55. The Labute approximate surface area is 167 Å². The number of benzene rings is 2. The van der Waals surface area contributed by atoms with Crippen molar-refractivity contribution in [2.24, 2.45) is 0 Å². The van der Waals surface area contributed by atoms with Gasteiger partial charge >= 0.3 is 5.97 Å². The number of hydrogen-bond donors (Lipinski definition) is 1. The molecule has 6 heteroatoms. The summed E-state index contributed by atoms with van der Waals surface area (Å²) in [4.78, 5) is 16.2. The highest BCUT2D eigenvalue weighted by Crippen LogP contribution is 2.35. The maximum Gasteiger partial charge on any atom is 0.312 e. The number of ether oxygens (including phenoxy) is 1. The number of methoxy groups -OCH3 is 1. The summed E-state index contributed by atoms with van der Waals surface area (Å²) in [6.07, 6.45) is 1.84. The number of hydrogen-bond acceptors (Lipinski definition) is 4. The Hall–Kier alpha value is -3.36. The third kappa shape index (κ3) is 4.13. The van der Waals surface area contributed by atoms with Crippen LogP contribution in [0.3, 0.4) is 0 Å². The lowest BCUT2D eigenvalue weighted by Gasteiger charge is -2.16. The SMILES string of the molecule is COc1cc(C(Cc2ccccc2)C(=O)O)ncc1-c1cc(Cl)ccc1C#N. The molecule has 2 aromatic carbocycles. The van der Waals surface area contributed by atoms with Gasteiger partial charge in [0.05, 0.1) is 24.4 Å². The minimum Gasteiger partial charge on any atom is -0.496 e. The van der Waals surface area contributed by atoms with Crippen molar-refractivity contribution < 1.29 is 14.6 Å². The van der Waals surface area contributed by atoms with Crippen molar-refractivity contribution in [2.45, 2.75) is 12.3 Å². The van der Waals surface area contributed by atoms with E-state index in [2.05, 4.69) is 11.1 Å². The Balaban J connectivity index is 2.04. The number of nitrogens with zero attached hydrogens (tertiary/aromatic N) is 2. The van der Waals surface area contributed by atoms with Gasteiger partial charge in [-0.2, -0.15) is 5.26 Å². The third-order valence-electron chi connectivity index (χ3n) is 4.44. The Bertz CT molecular complexity index is 1050. The van der Waals surface area contributed by atoms with Gasteiger partial charge in [0.15, 0.2) is 0 Å². The second-order valence-corrected chi connectivity index (χ2v) is 6.63. The molecule has 3 rings (SSSR count). The third-order valence-corrected chi connectivity index (χ3v) is 4.67. The van der Waals surface area contributed by atoms with Gasteiger partial charge in [-0.25, -0.2) is 0 Å². The van der Waals surface area contributed by atoms with Gasteiger partial charge in [0.25, 0.3) is 0 Å². The van der Waals surface area contributed by atoms with Crippen molar-refractivity contribution in [1.29, 1.82) is 5.26 Å². The van der Waals surface area contributed by atoms with Crippen molar-refractivity contribution in [1.82, 2.24) is 4.98 Å². The van der Waals surface area contributed by atoms with E-state index in [1.54, 1.807) is 24.3 Å². The van der Waals surface area contributed by atoms with Crippen molar-refractivity contribution >= 4 is 17.6 Å². The van der Waals surface area contributed by atoms with E-state index in [1.807, 2.05) is 30.3 Å². The molecule has 1 unspecified atom stereocenters. The zero-order valence-electron chi connectivity index (χ0n) is 15.1. The van der Waals surface area contributed by atoms with E-state index in [-0.39, 0.29) is 0 Å². The molecule has 0 saturated heterocycles. The van der Waals surface area contributed by atoms with Crippen molar-refractivity contribution in [3.05, 3.63) is 82.6 Å². The molecule has 0 bridgehead atoms.